The van der Waals surface area contributed by atoms with Crippen LogP contribution in [0.25, 0.3) is 11.1 Å². The Morgan fingerprint density at radius 2 is 1.65 bits per heavy atom. The van der Waals surface area contributed by atoms with Gasteiger partial charge in [-0.1, -0.05) is 18.2 Å². The maximum Gasteiger partial charge on any atom is 0.136 e. The summed E-state index contributed by atoms with van der Waals surface area (Å²) >= 11 is 6.73. The van der Waals surface area contributed by atoms with E-state index in [9.17, 15) is 4.39 Å². The summed E-state index contributed by atoms with van der Waals surface area (Å²) in [5.41, 5.74) is 3.51. The van der Waals surface area contributed by atoms with Crippen LogP contribution in [0.1, 0.15) is 5.56 Å². The van der Waals surface area contributed by atoms with E-state index in [0.717, 1.165) is 5.56 Å². The fraction of sp³-hybridized carbons (Fsp3) is 0.0769. The Labute approximate surface area is 141 Å². The van der Waals surface area contributed by atoms with Gasteiger partial charge < -0.3 is 0 Å². The Hall–Kier alpha value is 0.560. The lowest BCUT2D eigenvalue weighted by Gasteiger charge is -2.09. The van der Waals surface area contributed by atoms with Crippen LogP contribution < -0.4 is 0 Å². The van der Waals surface area contributed by atoms with Gasteiger partial charge in [0.15, 0.2) is 0 Å². The molecule has 0 aromatic heterocycles. The second-order valence-electron chi connectivity index (χ2n) is 3.69. The van der Waals surface area contributed by atoms with Crippen molar-refractivity contribution < 1.29 is 4.39 Å². The molecule has 0 N–H and O–H groups in total. The second kappa shape index (κ2) is 5.68. The van der Waals surface area contributed by atoms with Gasteiger partial charge in [-0.05, 0) is 104 Å². The van der Waals surface area contributed by atoms with Gasteiger partial charge in [0.2, 0.25) is 0 Å². The number of halogens is 4. The van der Waals surface area contributed by atoms with Crippen molar-refractivity contribution in [3.63, 3.8) is 0 Å². The molecule has 0 spiro atoms. The third-order valence-corrected chi connectivity index (χ3v) is 6.88. The van der Waals surface area contributed by atoms with Gasteiger partial charge in [-0.25, -0.2) is 4.39 Å². The standard InChI is InChI=1S/C13H8FI3/c1-7-2-4-9(13(17)12(7)16)8-3-5-10(14)11(15)6-8/h2-6H,1H3. The summed E-state index contributed by atoms with van der Waals surface area (Å²) in [5, 5.41) is 0. The first-order valence-electron chi connectivity index (χ1n) is 4.90. The summed E-state index contributed by atoms with van der Waals surface area (Å²) in [6.45, 7) is 2.10. The maximum absolute atomic E-state index is 13.2. The van der Waals surface area contributed by atoms with Crippen molar-refractivity contribution in [2.24, 2.45) is 0 Å². The lowest BCUT2D eigenvalue weighted by atomic mass is 10.0. The van der Waals surface area contributed by atoms with Crippen LogP contribution in [0.15, 0.2) is 30.3 Å². The molecule has 4 heteroatoms. The zero-order valence-corrected chi connectivity index (χ0v) is 15.4. The van der Waals surface area contributed by atoms with Crippen molar-refractivity contribution in [3.05, 3.63) is 52.4 Å². The molecule has 0 radical (unpaired) electrons. The summed E-state index contributed by atoms with van der Waals surface area (Å²) in [4.78, 5) is 0. The molecule has 0 fully saturated rings. The van der Waals surface area contributed by atoms with E-state index in [4.69, 9.17) is 0 Å². The highest BCUT2D eigenvalue weighted by Gasteiger charge is 2.09. The molecule has 0 bridgehead atoms. The van der Waals surface area contributed by atoms with Crippen molar-refractivity contribution in [2.75, 3.05) is 0 Å². The molecule has 2 aromatic carbocycles. The van der Waals surface area contributed by atoms with Crippen LogP contribution in [0.4, 0.5) is 4.39 Å². The molecule has 2 rings (SSSR count). The average Bonchev–Trinajstić information content (AvgIpc) is 2.30. The van der Waals surface area contributed by atoms with Gasteiger partial charge in [-0.3, -0.25) is 0 Å². The molecule has 0 unspecified atom stereocenters. The van der Waals surface area contributed by atoms with Gasteiger partial charge in [0.25, 0.3) is 0 Å². The van der Waals surface area contributed by atoms with Gasteiger partial charge in [0.05, 0.1) is 0 Å². The highest BCUT2D eigenvalue weighted by Crippen LogP contribution is 2.31. The summed E-state index contributed by atoms with van der Waals surface area (Å²) in [6, 6.07) is 9.46. The van der Waals surface area contributed by atoms with Crippen LogP contribution in [0, 0.1) is 23.5 Å². The molecule has 0 saturated carbocycles. The van der Waals surface area contributed by atoms with Crippen molar-refractivity contribution in [3.8, 4) is 11.1 Å². The fourth-order valence-corrected chi connectivity index (χ4v) is 3.43. The SMILES string of the molecule is Cc1ccc(-c2ccc(F)c(I)c2)c(I)c1I. The van der Waals surface area contributed by atoms with Crippen LogP contribution in [0.3, 0.4) is 0 Å². The van der Waals surface area contributed by atoms with Gasteiger partial charge >= 0.3 is 0 Å². The zero-order chi connectivity index (χ0) is 12.6. The van der Waals surface area contributed by atoms with Gasteiger partial charge in [-0.2, -0.15) is 0 Å². The first-order valence-corrected chi connectivity index (χ1v) is 8.14. The molecule has 0 aliphatic heterocycles. The lowest BCUT2D eigenvalue weighted by molar-refractivity contribution is 0.620. The summed E-state index contributed by atoms with van der Waals surface area (Å²) in [6.07, 6.45) is 0. The smallest absolute Gasteiger partial charge is 0.136 e. The molecular weight excluding hydrogens is 556 g/mol. The summed E-state index contributed by atoms with van der Waals surface area (Å²) in [5.74, 6) is -0.161. The molecule has 0 nitrogen and oxygen atoms in total. The average molecular weight is 564 g/mol. The zero-order valence-electron chi connectivity index (χ0n) is 8.90. The fourth-order valence-electron chi connectivity index (χ4n) is 1.53. The molecule has 88 valence electrons. The van der Waals surface area contributed by atoms with E-state index in [1.807, 2.05) is 34.7 Å². The van der Waals surface area contributed by atoms with Crippen LogP contribution >= 0.6 is 67.8 Å². The number of benzene rings is 2. The van der Waals surface area contributed by atoms with E-state index in [2.05, 4.69) is 64.2 Å². The molecule has 2 aromatic rings. The van der Waals surface area contributed by atoms with E-state index in [-0.39, 0.29) is 5.82 Å². The first-order chi connectivity index (χ1) is 8.00. The third-order valence-electron chi connectivity index (χ3n) is 2.51. The van der Waals surface area contributed by atoms with Crippen molar-refractivity contribution >= 4 is 67.8 Å². The predicted molar refractivity (Wildman–Crippen MR) is 94.7 cm³/mol. The predicted octanol–water partition coefficient (Wildman–Crippen LogP) is 5.61. The topological polar surface area (TPSA) is 0 Å². The van der Waals surface area contributed by atoms with Gasteiger partial charge in [0.1, 0.15) is 5.82 Å². The third kappa shape index (κ3) is 2.94. The van der Waals surface area contributed by atoms with E-state index in [1.54, 1.807) is 0 Å². The number of rotatable bonds is 1. The van der Waals surface area contributed by atoms with Crippen molar-refractivity contribution in [2.45, 2.75) is 6.92 Å². The molecule has 0 aliphatic carbocycles. The Bertz CT molecular complexity index is 579. The molecule has 0 atom stereocenters. The van der Waals surface area contributed by atoms with Crippen LogP contribution in [-0.4, -0.2) is 0 Å². The first kappa shape index (κ1) is 14.0. The van der Waals surface area contributed by atoms with E-state index >= 15 is 0 Å². The van der Waals surface area contributed by atoms with E-state index in [1.165, 1.54) is 24.3 Å². The van der Waals surface area contributed by atoms with E-state index < -0.39 is 0 Å². The minimum atomic E-state index is -0.161. The van der Waals surface area contributed by atoms with Crippen LogP contribution in [-0.2, 0) is 0 Å². The minimum absolute atomic E-state index is 0.161. The number of hydrogen-bond acceptors (Lipinski definition) is 0. The Balaban J connectivity index is 2.61. The normalized spacial score (nSPS) is 10.6. The Morgan fingerprint density at radius 3 is 2.29 bits per heavy atom. The highest BCUT2D eigenvalue weighted by molar-refractivity contribution is 14.1. The molecule has 17 heavy (non-hydrogen) atoms. The Morgan fingerprint density at radius 1 is 0.941 bits per heavy atom. The second-order valence-corrected chi connectivity index (χ2v) is 7.01. The number of hydrogen-bond donors (Lipinski definition) is 0. The molecule has 0 amide bonds. The highest BCUT2D eigenvalue weighted by atomic mass is 127. The maximum atomic E-state index is 13.2. The van der Waals surface area contributed by atoms with E-state index in [0.29, 0.717) is 3.57 Å². The molecule has 0 aliphatic rings. The molecular formula is C13H8FI3. The van der Waals surface area contributed by atoms with Crippen molar-refractivity contribution in [1.29, 1.82) is 0 Å². The molecule has 0 heterocycles. The monoisotopic (exact) mass is 564 g/mol. The van der Waals surface area contributed by atoms with Crippen LogP contribution in [0.2, 0.25) is 0 Å². The summed E-state index contributed by atoms with van der Waals surface area (Å²) in [7, 11) is 0. The lowest BCUT2D eigenvalue weighted by Crippen LogP contribution is -1.91. The molecule has 0 saturated heterocycles. The van der Waals surface area contributed by atoms with Gasteiger partial charge in [0, 0.05) is 10.7 Å². The van der Waals surface area contributed by atoms with Crippen LogP contribution in [0.5, 0.6) is 0 Å². The minimum Gasteiger partial charge on any atom is -0.206 e. The van der Waals surface area contributed by atoms with Crippen molar-refractivity contribution in [1.82, 2.24) is 0 Å². The Kier molecular flexibility index (Phi) is 4.67. The largest absolute Gasteiger partial charge is 0.206 e. The number of aryl methyl sites for hydroxylation is 1. The van der Waals surface area contributed by atoms with Gasteiger partial charge in [-0.15, -0.1) is 0 Å². The summed E-state index contributed by atoms with van der Waals surface area (Å²) < 4.78 is 16.4. The quantitative estimate of drug-likeness (QED) is 0.396.